The number of carbonyl (C=O) groups excluding carboxylic acids is 3. The topological polar surface area (TPSA) is 119 Å². The van der Waals surface area contributed by atoms with Crippen molar-refractivity contribution < 1.29 is 31.7 Å². The second-order valence-electron chi connectivity index (χ2n) is 8.50. The number of hydrogen-bond acceptors (Lipinski definition) is 7. The van der Waals surface area contributed by atoms with Crippen LogP contribution in [0.5, 0.6) is 11.5 Å². The fourth-order valence-corrected chi connectivity index (χ4v) is 5.09. The van der Waals surface area contributed by atoms with Crippen molar-refractivity contribution in [1.82, 2.24) is 5.32 Å². The molecular weight excluding hydrogens is 567 g/mol. The molecule has 0 radical (unpaired) electrons. The number of urea groups is 1. The first-order valence-corrected chi connectivity index (χ1v) is 13.7. The van der Waals surface area contributed by atoms with Gasteiger partial charge in [-0.2, -0.15) is 8.42 Å². The molecule has 1 aliphatic rings. The van der Waals surface area contributed by atoms with Crippen molar-refractivity contribution in [3.05, 3.63) is 86.9 Å². The molecule has 9 nitrogen and oxygen atoms in total. The molecule has 0 atom stereocenters. The lowest BCUT2D eigenvalue weighted by atomic mass is 10.1. The monoisotopic (exact) mass is 588 g/mol. The Labute approximate surface area is 235 Å². The van der Waals surface area contributed by atoms with Crippen molar-refractivity contribution in [1.29, 1.82) is 0 Å². The van der Waals surface area contributed by atoms with Crippen molar-refractivity contribution in [2.45, 2.75) is 25.7 Å². The van der Waals surface area contributed by atoms with Crippen LogP contribution in [0, 0.1) is 13.8 Å². The van der Waals surface area contributed by atoms with E-state index in [9.17, 15) is 22.8 Å². The molecule has 1 aliphatic heterocycles. The second-order valence-corrected chi connectivity index (χ2v) is 10.9. The van der Waals surface area contributed by atoms with Gasteiger partial charge in [-0.3, -0.25) is 14.9 Å². The van der Waals surface area contributed by atoms with Crippen LogP contribution >= 0.6 is 23.2 Å². The summed E-state index contributed by atoms with van der Waals surface area (Å²) in [7, 11) is -4.25. The van der Waals surface area contributed by atoms with Crippen LogP contribution in [0.1, 0.15) is 23.6 Å². The summed E-state index contributed by atoms with van der Waals surface area (Å²) in [5.41, 5.74) is 1.63. The summed E-state index contributed by atoms with van der Waals surface area (Å²) in [4.78, 5) is 39.1. The van der Waals surface area contributed by atoms with E-state index in [0.717, 1.165) is 16.0 Å². The first kappa shape index (κ1) is 28.2. The fourth-order valence-electron chi connectivity index (χ4n) is 3.66. The maximum absolute atomic E-state index is 13.2. The number of rotatable bonds is 7. The predicted octanol–water partition coefficient (Wildman–Crippen LogP) is 5.44. The summed E-state index contributed by atoms with van der Waals surface area (Å²) in [6.07, 6.45) is 1.21. The molecule has 1 heterocycles. The quantitative estimate of drug-likeness (QED) is 0.221. The van der Waals surface area contributed by atoms with E-state index in [1.807, 2.05) is 6.92 Å². The number of nitrogens with one attached hydrogen (secondary N) is 1. The van der Waals surface area contributed by atoms with E-state index >= 15 is 0 Å². The summed E-state index contributed by atoms with van der Waals surface area (Å²) < 4.78 is 36.6. The summed E-state index contributed by atoms with van der Waals surface area (Å²) in [6, 6.07) is 12.4. The number of imide groups is 2. The molecule has 4 amide bonds. The minimum atomic E-state index is -4.25. The first-order valence-electron chi connectivity index (χ1n) is 11.6. The maximum Gasteiger partial charge on any atom is 0.339 e. The number of amides is 4. The van der Waals surface area contributed by atoms with Crippen molar-refractivity contribution >= 4 is 62.9 Å². The zero-order valence-corrected chi connectivity index (χ0v) is 23.3. The van der Waals surface area contributed by atoms with E-state index in [1.165, 1.54) is 42.5 Å². The number of carbonyl (C=O) groups is 3. The van der Waals surface area contributed by atoms with Crippen LogP contribution < -0.4 is 19.1 Å². The van der Waals surface area contributed by atoms with Crippen LogP contribution in [0.2, 0.25) is 10.0 Å². The van der Waals surface area contributed by atoms with Crippen LogP contribution in [0.25, 0.3) is 6.08 Å². The Balaban J connectivity index is 1.72. The third kappa shape index (κ3) is 5.93. The van der Waals surface area contributed by atoms with Crippen molar-refractivity contribution in [3.8, 4) is 11.5 Å². The van der Waals surface area contributed by atoms with Crippen LogP contribution in [-0.2, 0) is 19.7 Å². The van der Waals surface area contributed by atoms with Gasteiger partial charge in [0.2, 0.25) is 5.75 Å². The van der Waals surface area contributed by atoms with Gasteiger partial charge in [0.25, 0.3) is 11.8 Å². The third-order valence-electron chi connectivity index (χ3n) is 5.66. The molecule has 0 aliphatic carbocycles. The Bertz CT molecular complexity index is 1630. The number of aryl methyl sites for hydroxylation is 2. The molecule has 3 aromatic rings. The molecule has 1 fully saturated rings. The van der Waals surface area contributed by atoms with Gasteiger partial charge in [0, 0.05) is 5.02 Å². The summed E-state index contributed by atoms with van der Waals surface area (Å²) in [5, 5.41) is 2.31. The number of ether oxygens (including phenoxy) is 1. The zero-order chi connectivity index (χ0) is 28.5. The van der Waals surface area contributed by atoms with Gasteiger partial charge < -0.3 is 8.92 Å². The molecule has 0 unspecified atom stereocenters. The van der Waals surface area contributed by atoms with Gasteiger partial charge in [-0.15, -0.1) is 0 Å². The number of nitrogens with zero attached hydrogens (tertiary/aromatic N) is 1. The zero-order valence-electron chi connectivity index (χ0n) is 20.9. The Morgan fingerprint density at radius 2 is 1.64 bits per heavy atom. The minimum Gasteiger partial charge on any atom is -0.490 e. The molecular formula is C27H22Cl2N2O7S. The smallest absolute Gasteiger partial charge is 0.339 e. The van der Waals surface area contributed by atoms with E-state index in [4.69, 9.17) is 32.1 Å². The largest absolute Gasteiger partial charge is 0.490 e. The van der Waals surface area contributed by atoms with E-state index in [0.29, 0.717) is 5.02 Å². The molecule has 12 heteroatoms. The maximum atomic E-state index is 13.2. The fraction of sp³-hybridized carbons (Fsp3) is 0.148. The molecule has 3 aromatic carbocycles. The Hall–Kier alpha value is -3.86. The summed E-state index contributed by atoms with van der Waals surface area (Å²) >= 11 is 12.6. The lowest BCUT2D eigenvalue weighted by molar-refractivity contribution is -0.122. The van der Waals surface area contributed by atoms with Gasteiger partial charge in [-0.05, 0) is 74.4 Å². The van der Waals surface area contributed by atoms with Gasteiger partial charge in [-0.25, -0.2) is 9.69 Å². The molecule has 39 heavy (non-hydrogen) atoms. The summed E-state index contributed by atoms with van der Waals surface area (Å²) in [5.74, 6) is -2.10. The van der Waals surface area contributed by atoms with E-state index in [-0.39, 0.29) is 44.8 Å². The van der Waals surface area contributed by atoms with Gasteiger partial charge >= 0.3 is 16.1 Å². The normalized spacial score (nSPS) is 14.9. The Morgan fingerprint density at radius 3 is 2.28 bits per heavy atom. The molecule has 0 bridgehead atoms. The molecule has 0 saturated carbocycles. The van der Waals surface area contributed by atoms with Gasteiger partial charge in [0.1, 0.15) is 10.5 Å². The SMILES string of the molecule is CCOc1cc(/C=C2\C(=O)NC(=O)N(c3ccc(C)c(Cl)c3)C2=O)cc(Cl)c1OS(=O)(=O)c1ccc(C)cc1. The van der Waals surface area contributed by atoms with E-state index < -0.39 is 28.0 Å². The molecule has 1 N–H and O–H groups in total. The van der Waals surface area contributed by atoms with Crippen LogP contribution in [0.3, 0.4) is 0 Å². The molecule has 0 aromatic heterocycles. The van der Waals surface area contributed by atoms with Crippen molar-refractivity contribution in [2.24, 2.45) is 0 Å². The number of barbiturate groups is 1. The number of hydrogen-bond donors (Lipinski definition) is 1. The van der Waals surface area contributed by atoms with E-state index in [1.54, 1.807) is 32.0 Å². The van der Waals surface area contributed by atoms with Crippen molar-refractivity contribution in [3.63, 3.8) is 0 Å². The summed E-state index contributed by atoms with van der Waals surface area (Å²) in [6.45, 7) is 5.38. The van der Waals surface area contributed by atoms with Crippen LogP contribution in [0.4, 0.5) is 10.5 Å². The highest BCUT2D eigenvalue weighted by Gasteiger charge is 2.37. The van der Waals surface area contributed by atoms with Crippen LogP contribution in [-0.4, -0.2) is 32.9 Å². The molecule has 202 valence electrons. The Morgan fingerprint density at radius 1 is 0.949 bits per heavy atom. The lowest BCUT2D eigenvalue weighted by Gasteiger charge is -2.26. The number of benzene rings is 3. The molecule has 1 saturated heterocycles. The molecule has 4 rings (SSSR count). The van der Waals surface area contributed by atoms with Crippen molar-refractivity contribution in [2.75, 3.05) is 11.5 Å². The number of anilines is 1. The van der Waals surface area contributed by atoms with Crippen LogP contribution in [0.15, 0.2) is 65.1 Å². The highest BCUT2D eigenvalue weighted by molar-refractivity contribution is 7.87. The number of halogens is 2. The second kappa shape index (κ2) is 11.1. The molecule has 0 spiro atoms. The standard InChI is InChI=1S/C27H22Cl2N2O7S/c1-4-37-23-13-17(12-22(29)24(23)38-39(35,36)19-9-5-15(2)6-10-19)11-20-25(32)30-27(34)31(26(20)33)18-8-7-16(3)21(28)14-18/h5-14H,4H2,1-3H3,(H,30,32,34)/b20-11+. The van der Waals surface area contributed by atoms with Gasteiger partial charge in [0.05, 0.1) is 17.3 Å². The van der Waals surface area contributed by atoms with Gasteiger partial charge in [-0.1, -0.05) is 47.0 Å². The van der Waals surface area contributed by atoms with E-state index in [2.05, 4.69) is 5.32 Å². The lowest BCUT2D eigenvalue weighted by Crippen LogP contribution is -2.54. The highest BCUT2D eigenvalue weighted by atomic mass is 35.5. The van der Waals surface area contributed by atoms with Gasteiger partial charge in [0.15, 0.2) is 5.75 Å². The predicted molar refractivity (Wildman–Crippen MR) is 147 cm³/mol. The average molecular weight is 589 g/mol. The first-order chi connectivity index (χ1) is 18.4. The third-order valence-corrected chi connectivity index (χ3v) is 7.58. The Kier molecular flexibility index (Phi) is 8.01. The average Bonchev–Trinajstić information content (AvgIpc) is 2.86. The minimum absolute atomic E-state index is 0.0329. The highest BCUT2D eigenvalue weighted by Crippen LogP contribution is 2.39.